The molecular formula is C25H31N3O. The van der Waals surface area contributed by atoms with E-state index in [9.17, 15) is 4.79 Å². The predicted molar refractivity (Wildman–Crippen MR) is 120 cm³/mol. The maximum Gasteiger partial charge on any atom is 0.253 e. The summed E-state index contributed by atoms with van der Waals surface area (Å²) in [5.74, 6) is 1.19. The Hall–Kier alpha value is -2.62. The highest BCUT2D eigenvalue weighted by Gasteiger charge is 2.42. The number of amides is 1. The molecule has 29 heavy (non-hydrogen) atoms. The van der Waals surface area contributed by atoms with E-state index in [4.69, 9.17) is 4.99 Å². The number of carbonyl (C=O) groups excluding carboxylic acids is 1. The SMILES string of the molecule is Cc1cccc(CN=C2Nc3cccc(C(=O)N(C)C)c3CC23CCCCC3)c1. The van der Waals surface area contributed by atoms with E-state index in [1.165, 1.54) is 30.4 Å². The van der Waals surface area contributed by atoms with Crippen molar-refractivity contribution in [1.82, 2.24) is 4.90 Å². The van der Waals surface area contributed by atoms with Gasteiger partial charge in [0.2, 0.25) is 0 Å². The van der Waals surface area contributed by atoms with E-state index in [0.717, 1.165) is 41.9 Å². The molecule has 4 rings (SSSR count). The van der Waals surface area contributed by atoms with Crippen molar-refractivity contribution < 1.29 is 4.79 Å². The van der Waals surface area contributed by atoms with Gasteiger partial charge in [0.1, 0.15) is 5.84 Å². The zero-order valence-corrected chi connectivity index (χ0v) is 17.8. The second-order valence-corrected chi connectivity index (χ2v) is 8.83. The highest BCUT2D eigenvalue weighted by molar-refractivity contribution is 6.05. The number of hydrogen-bond acceptors (Lipinski definition) is 2. The van der Waals surface area contributed by atoms with Gasteiger partial charge in [-0.2, -0.15) is 0 Å². The predicted octanol–water partition coefficient (Wildman–Crippen LogP) is 5.21. The Morgan fingerprint density at radius 2 is 1.86 bits per heavy atom. The molecule has 1 saturated carbocycles. The molecule has 1 spiro atoms. The zero-order valence-electron chi connectivity index (χ0n) is 17.8. The lowest BCUT2D eigenvalue weighted by Gasteiger charge is -2.43. The molecule has 1 fully saturated rings. The number of carbonyl (C=O) groups is 1. The van der Waals surface area contributed by atoms with E-state index in [0.29, 0.717) is 6.54 Å². The maximum absolute atomic E-state index is 12.8. The van der Waals surface area contributed by atoms with Crippen LogP contribution in [0.15, 0.2) is 47.5 Å². The lowest BCUT2D eigenvalue weighted by Crippen LogP contribution is -2.44. The number of amidine groups is 1. The Bertz CT molecular complexity index is 939. The quantitative estimate of drug-likeness (QED) is 0.783. The number of benzene rings is 2. The van der Waals surface area contributed by atoms with Gasteiger partial charge < -0.3 is 10.2 Å². The largest absolute Gasteiger partial charge is 0.345 e. The summed E-state index contributed by atoms with van der Waals surface area (Å²) in [5, 5.41) is 3.66. The fourth-order valence-electron chi connectivity index (χ4n) is 4.85. The number of anilines is 1. The Kier molecular flexibility index (Phi) is 5.44. The lowest BCUT2D eigenvalue weighted by molar-refractivity contribution is 0.0826. The second-order valence-electron chi connectivity index (χ2n) is 8.83. The van der Waals surface area contributed by atoms with Crippen LogP contribution in [0, 0.1) is 12.3 Å². The molecule has 1 heterocycles. The Labute approximate surface area is 174 Å². The number of fused-ring (bicyclic) bond motifs is 1. The van der Waals surface area contributed by atoms with Crippen molar-refractivity contribution >= 4 is 17.4 Å². The lowest BCUT2D eigenvalue weighted by atomic mass is 9.67. The average molecular weight is 390 g/mol. The minimum atomic E-state index is 0.0256. The van der Waals surface area contributed by atoms with Gasteiger partial charge in [0.25, 0.3) is 5.91 Å². The normalized spacial score (nSPS) is 18.9. The number of nitrogens with zero attached hydrogens (tertiary/aromatic N) is 2. The van der Waals surface area contributed by atoms with E-state index in [2.05, 4.69) is 42.6 Å². The molecule has 2 aromatic rings. The molecule has 4 nitrogen and oxygen atoms in total. The van der Waals surface area contributed by atoms with E-state index in [1.54, 1.807) is 4.90 Å². The molecule has 0 bridgehead atoms. The van der Waals surface area contributed by atoms with Crippen LogP contribution in [-0.4, -0.2) is 30.7 Å². The van der Waals surface area contributed by atoms with E-state index in [-0.39, 0.29) is 11.3 Å². The smallest absolute Gasteiger partial charge is 0.253 e. The van der Waals surface area contributed by atoms with Crippen LogP contribution >= 0.6 is 0 Å². The van der Waals surface area contributed by atoms with Gasteiger partial charge in [0.15, 0.2) is 0 Å². The highest BCUT2D eigenvalue weighted by atomic mass is 16.2. The molecule has 0 atom stereocenters. The van der Waals surface area contributed by atoms with Crippen molar-refractivity contribution in [3.05, 3.63) is 64.7 Å². The van der Waals surface area contributed by atoms with Crippen molar-refractivity contribution in [1.29, 1.82) is 0 Å². The first-order valence-electron chi connectivity index (χ1n) is 10.7. The average Bonchev–Trinajstić information content (AvgIpc) is 2.72. The number of nitrogens with one attached hydrogen (secondary N) is 1. The van der Waals surface area contributed by atoms with Crippen LogP contribution in [0.4, 0.5) is 5.69 Å². The van der Waals surface area contributed by atoms with Gasteiger partial charge in [-0.25, -0.2) is 0 Å². The van der Waals surface area contributed by atoms with Crippen LogP contribution in [0.3, 0.4) is 0 Å². The summed E-state index contributed by atoms with van der Waals surface area (Å²) in [7, 11) is 3.65. The third kappa shape index (κ3) is 3.93. The summed E-state index contributed by atoms with van der Waals surface area (Å²) in [6, 6.07) is 14.6. The van der Waals surface area contributed by atoms with Crippen molar-refractivity contribution in [2.75, 3.05) is 19.4 Å². The molecule has 0 radical (unpaired) electrons. The van der Waals surface area contributed by atoms with Gasteiger partial charge in [-0.1, -0.05) is 55.2 Å². The Balaban J connectivity index is 1.72. The van der Waals surface area contributed by atoms with Crippen LogP contribution in [-0.2, 0) is 13.0 Å². The molecular weight excluding hydrogens is 358 g/mol. The molecule has 0 saturated heterocycles. The molecule has 2 aliphatic rings. The number of aliphatic imine (C=N–C) groups is 1. The van der Waals surface area contributed by atoms with Crippen LogP contribution in [0.5, 0.6) is 0 Å². The van der Waals surface area contributed by atoms with E-state index in [1.807, 2.05) is 26.2 Å². The maximum atomic E-state index is 12.8. The van der Waals surface area contributed by atoms with Crippen molar-refractivity contribution in [3.8, 4) is 0 Å². The first-order valence-corrected chi connectivity index (χ1v) is 10.7. The highest BCUT2D eigenvalue weighted by Crippen LogP contribution is 2.46. The fourth-order valence-corrected chi connectivity index (χ4v) is 4.85. The summed E-state index contributed by atoms with van der Waals surface area (Å²) >= 11 is 0. The number of aryl methyl sites for hydroxylation is 1. The van der Waals surface area contributed by atoms with Crippen molar-refractivity contribution in [2.24, 2.45) is 10.4 Å². The molecule has 152 valence electrons. The Morgan fingerprint density at radius 3 is 2.59 bits per heavy atom. The molecule has 1 aliphatic carbocycles. The zero-order chi connectivity index (χ0) is 20.4. The van der Waals surface area contributed by atoms with Gasteiger partial charge in [-0.05, 0) is 49.4 Å². The standard InChI is InChI=1S/C25H31N3O/c1-18-9-7-10-19(15-18)17-26-24-25(13-5-4-6-14-25)16-21-20(23(29)28(2)3)11-8-12-22(21)27-24/h7-12,15H,4-6,13-14,16-17H2,1-3H3,(H,26,27). The topological polar surface area (TPSA) is 44.7 Å². The van der Waals surface area contributed by atoms with Gasteiger partial charge in [-0.3, -0.25) is 9.79 Å². The van der Waals surface area contributed by atoms with Crippen LogP contribution in [0.1, 0.15) is 59.2 Å². The van der Waals surface area contributed by atoms with Crippen LogP contribution in [0.2, 0.25) is 0 Å². The summed E-state index contributed by atoms with van der Waals surface area (Å²) in [5.41, 5.74) is 5.55. The summed E-state index contributed by atoms with van der Waals surface area (Å²) in [4.78, 5) is 19.5. The van der Waals surface area contributed by atoms with Crippen LogP contribution in [0.25, 0.3) is 0 Å². The number of rotatable bonds is 3. The molecule has 0 aromatic heterocycles. The van der Waals surface area contributed by atoms with E-state index < -0.39 is 0 Å². The van der Waals surface area contributed by atoms with E-state index >= 15 is 0 Å². The van der Waals surface area contributed by atoms with Gasteiger partial charge in [-0.15, -0.1) is 0 Å². The Morgan fingerprint density at radius 1 is 1.10 bits per heavy atom. The minimum absolute atomic E-state index is 0.0256. The molecule has 4 heteroatoms. The molecule has 0 unspecified atom stereocenters. The minimum Gasteiger partial charge on any atom is -0.345 e. The molecule has 1 amide bonds. The molecule has 1 N–H and O–H groups in total. The summed E-state index contributed by atoms with van der Waals surface area (Å²) in [6.45, 7) is 2.81. The first-order chi connectivity index (χ1) is 14.0. The van der Waals surface area contributed by atoms with Gasteiger partial charge >= 0.3 is 0 Å². The second kappa shape index (κ2) is 8.02. The fraction of sp³-hybridized carbons (Fsp3) is 0.440. The van der Waals surface area contributed by atoms with Gasteiger partial charge in [0, 0.05) is 30.8 Å². The van der Waals surface area contributed by atoms with Gasteiger partial charge in [0.05, 0.1) is 6.54 Å². The molecule has 2 aromatic carbocycles. The molecule has 1 aliphatic heterocycles. The van der Waals surface area contributed by atoms with Crippen molar-refractivity contribution in [2.45, 2.75) is 52.0 Å². The summed E-state index contributed by atoms with van der Waals surface area (Å²) in [6.07, 6.45) is 6.91. The number of hydrogen-bond donors (Lipinski definition) is 1. The third-order valence-corrected chi connectivity index (χ3v) is 6.40. The first kappa shape index (κ1) is 19.7. The van der Waals surface area contributed by atoms with Crippen LogP contribution < -0.4 is 5.32 Å². The van der Waals surface area contributed by atoms with Crippen molar-refractivity contribution in [3.63, 3.8) is 0 Å². The third-order valence-electron chi connectivity index (χ3n) is 6.40. The monoisotopic (exact) mass is 389 g/mol. The summed E-state index contributed by atoms with van der Waals surface area (Å²) < 4.78 is 0.